The van der Waals surface area contributed by atoms with Crippen LogP contribution in [0.15, 0.2) is 13.6 Å². The van der Waals surface area contributed by atoms with E-state index in [9.17, 15) is 4.79 Å². The first-order valence-corrected chi connectivity index (χ1v) is 5.60. The molecule has 0 amide bonds. The Morgan fingerprint density at radius 1 is 1.27 bits per heavy atom. The lowest BCUT2D eigenvalue weighted by Gasteiger charge is -2.26. The predicted octanol–water partition coefficient (Wildman–Crippen LogP) is 3.30. The highest BCUT2D eigenvalue weighted by molar-refractivity contribution is 5.03. The molecule has 1 rings (SSSR count). The second-order valence-electron chi connectivity index (χ2n) is 4.52. The Bertz CT molecular complexity index is 361. The van der Waals surface area contributed by atoms with Gasteiger partial charge in [-0.3, -0.25) is 0 Å². The molecule has 3 nitrogen and oxygen atoms in total. The van der Waals surface area contributed by atoms with Crippen LogP contribution in [0.25, 0.3) is 0 Å². The van der Waals surface area contributed by atoms with Gasteiger partial charge in [-0.05, 0) is 18.8 Å². The first-order valence-electron chi connectivity index (χ1n) is 5.60. The molecule has 1 atom stereocenters. The summed E-state index contributed by atoms with van der Waals surface area (Å²) >= 11 is 0. The molecule has 0 spiro atoms. The molecule has 0 aliphatic rings. The molecule has 0 aromatic carbocycles. The molecule has 1 aromatic heterocycles. The van der Waals surface area contributed by atoms with Crippen LogP contribution in [0.3, 0.4) is 0 Å². The van der Waals surface area contributed by atoms with Gasteiger partial charge in [-0.15, -0.1) is 0 Å². The zero-order valence-corrected chi connectivity index (χ0v) is 10.1. The topological polar surface area (TPSA) is 43.4 Å². The minimum atomic E-state index is -0.586. The van der Waals surface area contributed by atoms with Crippen LogP contribution in [0.5, 0.6) is 0 Å². The van der Waals surface area contributed by atoms with Gasteiger partial charge in [0.1, 0.15) is 11.5 Å². The third kappa shape index (κ3) is 2.98. The van der Waals surface area contributed by atoms with Crippen molar-refractivity contribution >= 4 is 0 Å². The predicted molar refractivity (Wildman–Crippen MR) is 59.0 cm³/mol. The summed E-state index contributed by atoms with van der Waals surface area (Å²) in [6.07, 6.45) is 4.15. The Morgan fingerprint density at radius 3 is 2.33 bits per heavy atom. The summed E-state index contributed by atoms with van der Waals surface area (Å²) < 4.78 is 9.90. The lowest BCUT2D eigenvalue weighted by Crippen LogP contribution is -2.18. The highest BCUT2D eigenvalue weighted by Gasteiger charge is 2.25. The Hall–Kier alpha value is -0.990. The van der Waals surface area contributed by atoms with Crippen molar-refractivity contribution in [3.8, 4) is 0 Å². The summed E-state index contributed by atoms with van der Waals surface area (Å²) in [5.74, 6) is 0.742. The molecule has 1 unspecified atom stereocenters. The number of aryl methyl sites for hydroxylation is 1. The number of rotatable bonds is 5. The fourth-order valence-electron chi connectivity index (χ4n) is 1.92. The Balaban J connectivity index is 2.83. The third-order valence-corrected chi connectivity index (χ3v) is 3.13. The largest absolute Gasteiger partial charge is 0.519 e. The first-order chi connectivity index (χ1) is 7.00. The summed E-state index contributed by atoms with van der Waals surface area (Å²) in [5.41, 5.74) is 0.208. The lowest BCUT2D eigenvalue weighted by molar-refractivity contribution is 0.254. The standard InChI is InChI=1S/C12H20O3/c1-5-7-12(4,6-2)8-10-9(3)14-11(13)15-10/h5-8H2,1-4H3. The van der Waals surface area contributed by atoms with Crippen LogP contribution in [-0.4, -0.2) is 0 Å². The smallest absolute Gasteiger partial charge is 0.396 e. The van der Waals surface area contributed by atoms with E-state index < -0.39 is 5.82 Å². The molecule has 1 heterocycles. The number of hydrogen-bond acceptors (Lipinski definition) is 3. The van der Waals surface area contributed by atoms with Crippen molar-refractivity contribution in [2.45, 2.75) is 53.4 Å². The zero-order chi connectivity index (χ0) is 11.5. The van der Waals surface area contributed by atoms with E-state index in [4.69, 9.17) is 8.83 Å². The Morgan fingerprint density at radius 2 is 1.93 bits per heavy atom. The highest BCUT2D eigenvalue weighted by atomic mass is 16.6. The summed E-state index contributed by atoms with van der Waals surface area (Å²) in [6.45, 7) is 8.35. The molecule has 0 fully saturated rings. The molecule has 0 bridgehead atoms. The minimum absolute atomic E-state index is 0.208. The van der Waals surface area contributed by atoms with Crippen molar-refractivity contribution in [3.63, 3.8) is 0 Å². The van der Waals surface area contributed by atoms with Gasteiger partial charge in [0.05, 0.1) is 0 Å². The van der Waals surface area contributed by atoms with Crippen molar-refractivity contribution in [3.05, 3.63) is 22.1 Å². The maximum atomic E-state index is 10.9. The SMILES string of the molecule is CCCC(C)(CC)Cc1oc(=O)oc1C. The fourth-order valence-corrected chi connectivity index (χ4v) is 1.92. The van der Waals surface area contributed by atoms with E-state index in [1.807, 2.05) is 0 Å². The molecule has 3 heteroatoms. The minimum Gasteiger partial charge on any atom is -0.396 e. The van der Waals surface area contributed by atoms with Gasteiger partial charge < -0.3 is 8.83 Å². The first kappa shape index (κ1) is 12.1. The van der Waals surface area contributed by atoms with Gasteiger partial charge in [-0.2, -0.15) is 0 Å². The van der Waals surface area contributed by atoms with E-state index in [2.05, 4.69) is 20.8 Å². The van der Waals surface area contributed by atoms with Crippen LogP contribution in [0, 0.1) is 12.3 Å². The van der Waals surface area contributed by atoms with Crippen molar-refractivity contribution in [1.82, 2.24) is 0 Å². The summed E-state index contributed by atoms with van der Waals surface area (Å²) in [5, 5.41) is 0. The van der Waals surface area contributed by atoms with Gasteiger partial charge in [0.2, 0.25) is 0 Å². The van der Waals surface area contributed by atoms with Crippen LogP contribution in [0.4, 0.5) is 0 Å². The van der Waals surface area contributed by atoms with Crippen LogP contribution in [0.2, 0.25) is 0 Å². The lowest BCUT2D eigenvalue weighted by atomic mass is 9.79. The summed E-state index contributed by atoms with van der Waals surface area (Å²) in [4.78, 5) is 10.9. The molecular formula is C12H20O3. The van der Waals surface area contributed by atoms with Gasteiger partial charge in [0.15, 0.2) is 0 Å². The van der Waals surface area contributed by atoms with Gasteiger partial charge in [-0.1, -0.05) is 33.6 Å². The average molecular weight is 212 g/mol. The maximum absolute atomic E-state index is 10.9. The van der Waals surface area contributed by atoms with E-state index in [0.29, 0.717) is 11.5 Å². The van der Waals surface area contributed by atoms with E-state index in [1.165, 1.54) is 0 Å². The molecule has 1 aromatic rings. The summed E-state index contributed by atoms with van der Waals surface area (Å²) in [6, 6.07) is 0. The molecule has 0 radical (unpaired) electrons. The van der Waals surface area contributed by atoms with E-state index in [-0.39, 0.29) is 5.41 Å². The highest BCUT2D eigenvalue weighted by Crippen LogP contribution is 2.32. The molecule has 15 heavy (non-hydrogen) atoms. The monoisotopic (exact) mass is 212 g/mol. The van der Waals surface area contributed by atoms with Crippen molar-refractivity contribution in [2.75, 3.05) is 0 Å². The Labute approximate surface area is 90.5 Å². The summed E-state index contributed by atoms with van der Waals surface area (Å²) in [7, 11) is 0. The average Bonchev–Trinajstić information content (AvgIpc) is 2.45. The molecule has 0 N–H and O–H groups in total. The quantitative estimate of drug-likeness (QED) is 0.752. The van der Waals surface area contributed by atoms with Crippen molar-refractivity contribution < 1.29 is 8.83 Å². The molecular weight excluding hydrogens is 192 g/mol. The van der Waals surface area contributed by atoms with Gasteiger partial charge >= 0.3 is 5.82 Å². The molecule has 0 saturated heterocycles. The second-order valence-corrected chi connectivity index (χ2v) is 4.52. The maximum Gasteiger partial charge on any atom is 0.519 e. The van der Waals surface area contributed by atoms with Crippen molar-refractivity contribution in [2.24, 2.45) is 5.41 Å². The van der Waals surface area contributed by atoms with E-state index in [0.717, 1.165) is 25.7 Å². The van der Waals surface area contributed by atoms with Crippen LogP contribution in [0.1, 0.15) is 51.6 Å². The zero-order valence-electron chi connectivity index (χ0n) is 10.1. The van der Waals surface area contributed by atoms with Gasteiger partial charge in [-0.25, -0.2) is 4.79 Å². The molecule has 0 aliphatic carbocycles. The van der Waals surface area contributed by atoms with Crippen LogP contribution < -0.4 is 5.82 Å². The normalized spacial score (nSPS) is 15.2. The third-order valence-electron chi connectivity index (χ3n) is 3.13. The number of hydrogen-bond donors (Lipinski definition) is 0. The Kier molecular flexibility index (Phi) is 3.77. The van der Waals surface area contributed by atoms with Gasteiger partial charge in [0.25, 0.3) is 0 Å². The van der Waals surface area contributed by atoms with Crippen molar-refractivity contribution in [1.29, 1.82) is 0 Å². The van der Waals surface area contributed by atoms with Crippen LogP contribution in [-0.2, 0) is 6.42 Å². The fraction of sp³-hybridized carbons (Fsp3) is 0.750. The second kappa shape index (κ2) is 4.69. The molecule has 0 saturated carbocycles. The molecule has 0 aliphatic heterocycles. The van der Waals surface area contributed by atoms with Gasteiger partial charge in [0, 0.05) is 6.42 Å². The van der Waals surface area contributed by atoms with E-state index in [1.54, 1.807) is 6.92 Å². The van der Waals surface area contributed by atoms with E-state index >= 15 is 0 Å². The molecule has 86 valence electrons. The van der Waals surface area contributed by atoms with Crippen LogP contribution >= 0.6 is 0 Å².